The van der Waals surface area contributed by atoms with Gasteiger partial charge < -0.3 is 14.1 Å². The molecule has 0 spiro atoms. The summed E-state index contributed by atoms with van der Waals surface area (Å²) in [6.45, 7) is 7.65. The summed E-state index contributed by atoms with van der Waals surface area (Å²) in [5.74, 6) is 4.56. The van der Waals surface area contributed by atoms with Gasteiger partial charge in [-0.25, -0.2) is 0 Å². The Balaban J connectivity index is 1.38. The van der Waals surface area contributed by atoms with Crippen LogP contribution in [0.3, 0.4) is 0 Å². The number of hydrogen-bond acceptors (Lipinski definition) is 6. The zero-order valence-electron chi connectivity index (χ0n) is 16.5. The molecule has 0 aliphatic carbocycles. The highest BCUT2D eigenvalue weighted by atomic mass is 16.3. The molecule has 4 rings (SSSR count). The Bertz CT molecular complexity index is 747. The average Bonchev–Trinajstić information content (AvgIpc) is 3.23. The van der Waals surface area contributed by atoms with Crippen molar-refractivity contribution >= 4 is 0 Å². The van der Waals surface area contributed by atoms with Gasteiger partial charge in [-0.3, -0.25) is 9.80 Å². The number of aromatic nitrogens is 3. The van der Waals surface area contributed by atoms with Crippen molar-refractivity contribution in [2.24, 2.45) is 7.05 Å². The number of piperidine rings is 2. The second-order valence-corrected chi connectivity index (χ2v) is 8.13. The summed E-state index contributed by atoms with van der Waals surface area (Å²) in [4.78, 5) is 4.83. The molecule has 1 N–H and O–H groups in total. The molecule has 0 radical (unpaired) electrons. The Labute approximate surface area is 161 Å². The predicted octanol–water partition coefficient (Wildman–Crippen LogP) is 2.05. The van der Waals surface area contributed by atoms with Gasteiger partial charge in [-0.2, -0.15) is 0 Å². The fourth-order valence-corrected chi connectivity index (χ4v) is 4.35. The smallest absolute Gasteiger partial charge is 0.146 e. The minimum atomic E-state index is -0.137. The number of aryl methyl sites for hydroxylation is 1. The van der Waals surface area contributed by atoms with E-state index >= 15 is 0 Å². The van der Waals surface area contributed by atoms with Crippen molar-refractivity contribution < 1.29 is 9.52 Å². The second kappa shape index (κ2) is 8.12. The largest absolute Gasteiger partial charge is 0.465 e. The zero-order valence-corrected chi connectivity index (χ0v) is 16.5. The van der Waals surface area contributed by atoms with Crippen molar-refractivity contribution in [3.8, 4) is 0 Å². The minimum Gasteiger partial charge on any atom is -0.465 e. The Hall–Kier alpha value is -1.70. The molecule has 4 heterocycles. The van der Waals surface area contributed by atoms with Gasteiger partial charge in [-0.05, 0) is 51.3 Å². The predicted molar refractivity (Wildman–Crippen MR) is 102 cm³/mol. The number of aliphatic hydroxyl groups is 1. The molecular formula is C20H31N5O2. The number of rotatable bonds is 5. The van der Waals surface area contributed by atoms with E-state index in [0.29, 0.717) is 5.92 Å². The summed E-state index contributed by atoms with van der Waals surface area (Å²) in [6, 6.07) is 4.11. The molecule has 1 atom stereocenters. The maximum atomic E-state index is 9.68. The van der Waals surface area contributed by atoms with Crippen LogP contribution in [0.2, 0.25) is 0 Å². The molecule has 0 amide bonds. The van der Waals surface area contributed by atoms with E-state index in [-0.39, 0.29) is 6.10 Å². The van der Waals surface area contributed by atoms with E-state index in [2.05, 4.69) is 37.7 Å². The molecule has 2 aliphatic rings. The Morgan fingerprint density at radius 3 is 2.63 bits per heavy atom. The van der Waals surface area contributed by atoms with Gasteiger partial charge in [0, 0.05) is 32.6 Å². The molecule has 148 valence electrons. The maximum absolute atomic E-state index is 9.68. The van der Waals surface area contributed by atoms with E-state index in [1.165, 1.54) is 6.42 Å². The first-order chi connectivity index (χ1) is 13.1. The minimum absolute atomic E-state index is 0.137. The fraction of sp³-hybridized carbons (Fsp3) is 0.700. The molecule has 27 heavy (non-hydrogen) atoms. The number of likely N-dealkylation sites (tertiary alicyclic amines) is 2. The molecule has 0 saturated carbocycles. The summed E-state index contributed by atoms with van der Waals surface area (Å²) in [7, 11) is 2.10. The lowest BCUT2D eigenvalue weighted by molar-refractivity contribution is 0.0775. The third-order valence-corrected chi connectivity index (χ3v) is 5.97. The average molecular weight is 374 g/mol. The zero-order chi connectivity index (χ0) is 18.8. The van der Waals surface area contributed by atoms with E-state index in [9.17, 15) is 5.11 Å². The van der Waals surface area contributed by atoms with Crippen LogP contribution in [-0.2, 0) is 20.1 Å². The summed E-state index contributed by atoms with van der Waals surface area (Å²) in [5.41, 5.74) is 0. The van der Waals surface area contributed by atoms with E-state index in [4.69, 9.17) is 4.42 Å². The summed E-state index contributed by atoms with van der Waals surface area (Å²) in [5, 5.41) is 18.7. The van der Waals surface area contributed by atoms with Crippen LogP contribution in [0.15, 0.2) is 16.5 Å². The Morgan fingerprint density at radius 2 is 1.89 bits per heavy atom. The van der Waals surface area contributed by atoms with Crippen LogP contribution in [0, 0.1) is 6.92 Å². The lowest BCUT2D eigenvalue weighted by Crippen LogP contribution is -2.36. The highest BCUT2D eigenvalue weighted by Gasteiger charge is 2.27. The van der Waals surface area contributed by atoms with Gasteiger partial charge in [-0.15, -0.1) is 10.2 Å². The van der Waals surface area contributed by atoms with Gasteiger partial charge in [0.15, 0.2) is 0 Å². The van der Waals surface area contributed by atoms with Gasteiger partial charge in [-0.1, -0.05) is 0 Å². The number of hydrogen-bond donors (Lipinski definition) is 1. The topological polar surface area (TPSA) is 70.6 Å². The van der Waals surface area contributed by atoms with Gasteiger partial charge in [0.25, 0.3) is 0 Å². The first-order valence-corrected chi connectivity index (χ1v) is 10.1. The van der Waals surface area contributed by atoms with Gasteiger partial charge in [0.1, 0.15) is 23.2 Å². The van der Waals surface area contributed by atoms with Crippen LogP contribution in [-0.4, -0.2) is 62.0 Å². The fourth-order valence-electron chi connectivity index (χ4n) is 4.35. The second-order valence-electron chi connectivity index (χ2n) is 8.13. The summed E-state index contributed by atoms with van der Waals surface area (Å²) < 4.78 is 7.94. The standard InChI is InChI=1S/C20H31N5O2/c1-15-5-6-18(27-15)13-25-9-3-4-16(12-25)20-22-21-19(23(20)2)14-24-10-7-17(26)8-11-24/h5-6,16-17,26H,3-4,7-14H2,1-2H3/t16-/m0/s1. The lowest BCUT2D eigenvalue weighted by atomic mass is 9.97. The third kappa shape index (κ3) is 4.42. The quantitative estimate of drug-likeness (QED) is 0.865. The SMILES string of the molecule is Cc1ccc(CN2CCC[C@H](c3nnc(CN4CCC(O)CC4)n3C)C2)o1. The van der Waals surface area contributed by atoms with E-state index in [1.54, 1.807) is 0 Å². The molecule has 7 heteroatoms. The van der Waals surface area contributed by atoms with Crippen LogP contribution in [0.5, 0.6) is 0 Å². The van der Waals surface area contributed by atoms with Crippen LogP contribution < -0.4 is 0 Å². The summed E-state index contributed by atoms with van der Waals surface area (Å²) >= 11 is 0. The monoisotopic (exact) mass is 373 g/mol. The van der Waals surface area contributed by atoms with Crippen molar-refractivity contribution in [3.05, 3.63) is 35.3 Å². The molecule has 0 unspecified atom stereocenters. The van der Waals surface area contributed by atoms with Crippen molar-refractivity contribution in [1.82, 2.24) is 24.6 Å². The molecular weight excluding hydrogens is 342 g/mol. The van der Waals surface area contributed by atoms with E-state index < -0.39 is 0 Å². The molecule has 2 aliphatic heterocycles. The lowest BCUT2D eigenvalue weighted by Gasteiger charge is -2.31. The molecule has 2 aromatic rings. The number of aliphatic hydroxyl groups excluding tert-OH is 1. The van der Waals surface area contributed by atoms with Crippen LogP contribution in [0.1, 0.15) is 54.8 Å². The molecule has 2 fully saturated rings. The summed E-state index contributed by atoms with van der Waals surface area (Å²) in [6.07, 6.45) is 3.91. The van der Waals surface area contributed by atoms with Crippen LogP contribution in [0.25, 0.3) is 0 Å². The Morgan fingerprint density at radius 1 is 1.07 bits per heavy atom. The van der Waals surface area contributed by atoms with Crippen LogP contribution >= 0.6 is 0 Å². The molecule has 2 aromatic heterocycles. The van der Waals surface area contributed by atoms with Crippen molar-refractivity contribution in [3.63, 3.8) is 0 Å². The highest BCUT2D eigenvalue weighted by molar-refractivity contribution is 5.07. The number of nitrogens with zero attached hydrogens (tertiary/aromatic N) is 5. The normalized spacial score (nSPS) is 23.1. The van der Waals surface area contributed by atoms with Crippen LogP contribution in [0.4, 0.5) is 0 Å². The number of furan rings is 1. The van der Waals surface area contributed by atoms with Gasteiger partial charge in [0.05, 0.1) is 19.2 Å². The first-order valence-electron chi connectivity index (χ1n) is 10.1. The van der Waals surface area contributed by atoms with Crippen molar-refractivity contribution in [2.75, 3.05) is 26.2 Å². The van der Waals surface area contributed by atoms with E-state index in [1.807, 2.05) is 13.0 Å². The third-order valence-electron chi connectivity index (χ3n) is 5.97. The van der Waals surface area contributed by atoms with Gasteiger partial charge in [0.2, 0.25) is 0 Å². The molecule has 2 saturated heterocycles. The molecule has 0 aromatic carbocycles. The van der Waals surface area contributed by atoms with Crippen molar-refractivity contribution in [1.29, 1.82) is 0 Å². The molecule has 7 nitrogen and oxygen atoms in total. The van der Waals surface area contributed by atoms with Gasteiger partial charge >= 0.3 is 0 Å². The Kier molecular flexibility index (Phi) is 5.61. The maximum Gasteiger partial charge on any atom is 0.146 e. The molecule has 0 bridgehead atoms. The first kappa shape index (κ1) is 18.7. The highest BCUT2D eigenvalue weighted by Crippen LogP contribution is 2.27. The van der Waals surface area contributed by atoms with Crippen molar-refractivity contribution in [2.45, 2.75) is 57.7 Å². The van der Waals surface area contributed by atoms with E-state index in [0.717, 1.165) is 81.7 Å².